The van der Waals surface area contributed by atoms with Gasteiger partial charge in [0.05, 0.1) is 25.9 Å². The maximum absolute atomic E-state index is 9.54. The van der Waals surface area contributed by atoms with Gasteiger partial charge in [-0.25, -0.2) is 4.98 Å². The Balaban J connectivity index is 2.48. The second-order valence-corrected chi connectivity index (χ2v) is 4.82. The number of fused-ring (bicyclic) bond motifs is 1. The number of methoxy groups -OCH3 is 1. The highest BCUT2D eigenvalue weighted by Gasteiger charge is 2.27. The third kappa shape index (κ3) is 2.69. The molecule has 0 unspecified atom stereocenters. The first-order valence-electron chi connectivity index (χ1n) is 6.60. The third-order valence-electron chi connectivity index (χ3n) is 3.64. The Labute approximate surface area is 118 Å². The second-order valence-electron chi connectivity index (χ2n) is 4.82. The van der Waals surface area contributed by atoms with Crippen LogP contribution in [0.5, 0.6) is 5.75 Å². The molecule has 0 amide bonds. The van der Waals surface area contributed by atoms with Gasteiger partial charge in [-0.3, -0.25) is 0 Å². The minimum atomic E-state index is -0.773. The molecule has 0 radical (unpaired) electrons. The van der Waals surface area contributed by atoms with Crippen LogP contribution in [0.4, 0.5) is 5.82 Å². The average Bonchev–Trinajstić information content (AvgIpc) is 2.52. The van der Waals surface area contributed by atoms with Crippen molar-refractivity contribution in [2.45, 2.75) is 18.9 Å². The van der Waals surface area contributed by atoms with Crippen molar-refractivity contribution < 1.29 is 14.9 Å². The number of hydrogen-bond donors (Lipinski definition) is 3. The van der Waals surface area contributed by atoms with Crippen molar-refractivity contribution in [3.8, 4) is 5.75 Å². The molecule has 0 bridgehead atoms. The summed E-state index contributed by atoms with van der Waals surface area (Å²) in [6, 6.07) is 7.63. The van der Waals surface area contributed by atoms with Gasteiger partial charge in [-0.15, -0.1) is 0 Å². The number of hydrogen-bond acceptors (Lipinski definition) is 5. The summed E-state index contributed by atoms with van der Waals surface area (Å²) >= 11 is 0. The number of aliphatic hydroxyl groups is 2. The molecule has 1 aromatic carbocycles. The van der Waals surface area contributed by atoms with E-state index in [4.69, 9.17) is 4.74 Å². The van der Waals surface area contributed by atoms with Crippen molar-refractivity contribution in [3.05, 3.63) is 30.5 Å². The van der Waals surface area contributed by atoms with E-state index in [9.17, 15) is 10.2 Å². The number of aromatic nitrogens is 1. The Morgan fingerprint density at radius 3 is 2.60 bits per heavy atom. The predicted molar refractivity (Wildman–Crippen MR) is 79.1 cm³/mol. The van der Waals surface area contributed by atoms with Crippen LogP contribution in [0.25, 0.3) is 10.8 Å². The second kappa shape index (κ2) is 6.07. The van der Waals surface area contributed by atoms with Gasteiger partial charge in [0.25, 0.3) is 0 Å². The van der Waals surface area contributed by atoms with Gasteiger partial charge in [-0.1, -0.05) is 13.0 Å². The van der Waals surface area contributed by atoms with Crippen molar-refractivity contribution in [1.82, 2.24) is 4.98 Å². The molecule has 0 atom stereocenters. The van der Waals surface area contributed by atoms with Crippen molar-refractivity contribution >= 4 is 16.6 Å². The molecule has 0 aliphatic carbocycles. The smallest absolute Gasteiger partial charge is 0.134 e. The van der Waals surface area contributed by atoms with Crippen LogP contribution in [0, 0.1) is 0 Å². The number of benzene rings is 1. The Morgan fingerprint density at radius 1 is 1.25 bits per heavy atom. The highest BCUT2D eigenvalue weighted by molar-refractivity contribution is 5.93. The number of nitrogens with one attached hydrogen (secondary N) is 1. The van der Waals surface area contributed by atoms with Gasteiger partial charge >= 0.3 is 0 Å². The van der Waals surface area contributed by atoms with E-state index in [1.54, 1.807) is 13.3 Å². The lowest BCUT2D eigenvalue weighted by molar-refractivity contribution is 0.132. The monoisotopic (exact) mass is 276 g/mol. The summed E-state index contributed by atoms with van der Waals surface area (Å²) in [4.78, 5) is 4.32. The summed E-state index contributed by atoms with van der Waals surface area (Å²) < 4.78 is 5.23. The zero-order chi connectivity index (χ0) is 14.6. The summed E-state index contributed by atoms with van der Waals surface area (Å²) in [5.74, 6) is 1.37. The van der Waals surface area contributed by atoms with Crippen LogP contribution in [-0.2, 0) is 0 Å². The zero-order valence-electron chi connectivity index (χ0n) is 11.8. The van der Waals surface area contributed by atoms with Crippen molar-refractivity contribution in [2.24, 2.45) is 0 Å². The molecule has 2 rings (SSSR count). The molecule has 0 saturated heterocycles. The maximum Gasteiger partial charge on any atom is 0.134 e. The number of ether oxygens (including phenoxy) is 1. The van der Waals surface area contributed by atoms with Crippen LogP contribution in [-0.4, -0.2) is 41.1 Å². The van der Waals surface area contributed by atoms with E-state index in [1.165, 1.54) is 0 Å². The predicted octanol–water partition coefficient (Wildman–Crippen LogP) is 1.79. The highest BCUT2D eigenvalue weighted by atomic mass is 16.5. The Kier molecular flexibility index (Phi) is 4.42. The van der Waals surface area contributed by atoms with E-state index in [-0.39, 0.29) is 13.2 Å². The van der Waals surface area contributed by atoms with Gasteiger partial charge in [0.1, 0.15) is 11.6 Å². The SMILES string of the molecule is CCC(CO)(CO)Nc1nccc2ccc(OC)cc12. The van der Waals surface area contributed by atoms with Crippen molar-refractivity contribution in [1.29, 1.82) is 0 Å². The fourth-order valence-electron chi connectivity index (χ4n) is 2.07. The molecule has 2 aromatic rings. The number of aliphatic hydroxyl groups excluding tert-OH is 2. The van der Waals surface area contributed by atoms with E-state index in [2.05, 4.69) is 10.3 Å². The number of rotatable bonds is 6. The Hall–Kier alpha value is -1.85. The van der Waals surface area contributed by atoms with Gasteiger partial charge in [0, 0.05) is 11.6 Å². The standard InChI is InChI=1S/C15H20N2O3/c1-3-15(9-18,10-19)17-14-13-8-12(20-2)5-4-11(13)6-7-16-14/h4-8,18-19H,3,9-10H2,1-2H3,(H,16,17). The first-order chi connectivity index (χ1) is 9.68. The summed E-state index contributed by atoms with van der Waals surface area (Å²) in [6.45, 7) is 1.58. The topological polar surface area (TPSA) is 74.6 Å². The molecule has 1 heterocycles. The Morgan fingerprint density at radius 2 is 2.00 bits per heavy atom. The summed E-state index contributed by atoms with van der Waals surface area (Å²) in [5.41, 5.74) is -0.773. The molecule has 20 heavy (non-hydrogen) atoms. The molecule has 0 fully saturated rings. The molecule has 108 valence electrons. The highest BCUT2D eigenvalue weighted by Crippen LogP contribution is 2.28. The van der Waals surface area contributed by atoms with Crippen molar-refractivity contribution in [3.63, 3.8) is 0 Å². The van der Waals surface area contributed by atoms with E-state index in [1.807, 2.05) is 31.2 Å². The van der Waals surface area contributed by atoms with Crippen LogP contribution in [0.3, 0.4) is 0 Å². The van der Waals surface area contributed by atoms with Crippen LogP contribution in [0.2, 0.25) is 0 Å². The van der Waals surface area contributed by atoms with Crippen LogP contribution in [0.1, 0.15) is 13.3 Å². The normalized spacial score (nSPS) is 11.6. The molecule has 5 nitrogen and oxygen atoms in total. The summed E-state index contributed by atoms with van der Waals surface area (Å²) in [6.07, 6.45) is 2.29. The van der Waals surface area contributed by atoms with E-state index in [0.29, 0.717) is 12.2 Å². The lowest BCUT2D eigenvalue weighted by atomic mass is 9.98. The molecule has 0 aliphatic heterocycles. The first-order valence-corrected chi connectivity index (χ1v) is 6.60. The molecule has 1 aromatic heterocycles. The fourth-order valence-corrected chi connectivity index (χ4v) is 2.07. The van der Waals surface area contributed by atoms with Gasteiger partial charge in [0.2, 0.25) is 0 Å². The molecule has 0 saturated carbocycles. The quantitative estimate of drug-likeness (QED) is 0.750. The number of anilines is 1. The van der Waals surface area contributed by atoms with Gasteiger partial charge in [-0.05, 0) is 30.0 Å². The van der Waals surface area contributed by atoms with Crippen LogP contribution >= 0.6 is 0 Å². The van der Waals surface area contributed by atoms with Crippen LogP contribution in [0.15, 0.2) is 30.5 Å². The average molecular weight is 276 g/mol. The minimum absolute atomic E-state index is 0.165. The molecular formula is C15H20N2O3. The third-order valence-corrected chi connectivity index (χ3v) is 3.64. The molecule has 0 spiro atoms. The lowest BCUT2D eigenvalue weighted by Gasteiger charge is -2.30. The maximum atomic E-state index is 9.54. The van der Waals surface area contributed by atoms with Gasteiger partial charge in [-0.2, -0.15) is 0 Å². The van der Waals surface area contributed by atoms with Gasteiger partial charge in [0.15, 0.2) is 0 Å². The number of nitrogens with zero attached hydrogens (tertiary/aromatic N) is 1. The number of pyridine rings is 1. The van der Waals surface area contributed by atoms with Gasteiger partial charge < -0.3 is 20.3 Å². The van der Waals surface area contributed by atoms with E-state index in [0.717, 1.165) is 16.5 Å². The first kappa shape index (κ1) is 14.6. The summed E-state index contributed by atoms with van der Waals surface area (Å²) in [7, 11) is 1.61. The molecular weight excluding hydrogens is 256 g/mol. The minimum Gasteiger partial charge on any atom is -0.497 e. The molecule has 5 heteroatoms. The van der Waals surface area contributed by atoms with E-state index >= 15 is 0 Å². The molecule has 0 aliphatic rings. The summed E-state index contributed by atoms with van der Waals surface area (Å²) in [5, 5.41) is 24.2. The van der Waals surface area contributed by atoms with Crippen molar-refractivity contribution in [2.75, 3.05) is 25.6 Å². The fraction of sp³-hybridized carbons (Fsp3) is 0.400. The largest absolute Gasteiger partial charge is 0.497 e. The van der Waals surface area contributed by atoms with Crippen LogP contribution < -0.4 is 10.1 Å². The zero-order valence-corrected chi connectivity index (χ0v) is 11.8. The lowest BCUT2D eigenvalue weighted by Crippen LogP contribution is -2.45. The Bertz CT molecular complexity index is 574. The van der Waals surface area contributed by atoms with E-state index < -0.39 is 5.54 Å². The molecule has 3 N–H and O–H groups in total.